The Balaban J connectivity index is 0.969. The number of benzene rings is 2. The molecule has 0 aliphatic carbocycles. The highest BCUT2D eigenvalue weighted by atomic mass is 16.6. The number of aliphatic hydroxyl groups excluding tert-OH is 2. The highest BCUT2D eigenvalue weighted by molar-refractivity contribution is 6.01. The van der Waals surface area contributed by atoms with Gasteiger partial charge in [-0.15, -0.1) is 0 Å². The molecule has 16 nitrogen and oxygen atoms in total. The molecule has 2 aromatic rings. The van der Waals surface area contributed by atoms with E-state index in [1.54, 1.807) is 15.9 Å². The molecule has 2 aromatic carbocycles. The fourth-order valence-corrected chi connectivity index (χ4v) is 11.9. The number of phenolic OH excluding ortho intramolecular Hbond substituents is 1. The zero-order chi connectivity index (χ0) is 55.2. The molecule has 2 fully saturated rings. The number of carbonyl (C=O) groups excluding carboxylic acids is 4. The highest BCUT2D eigenvalue weighted by Crippen LogP contribution is 2.49. The van der Waals surface area contributed by atoms with E-state index in [9.17, 15) is 34.5 Å². The second-order valence-corrected chi connectivity index (χ2v) is 23.2. The van der Waals surface area contributed by atoms with E-state index in [2.05, 4.69) is 70.7 Å². The van der Waals surface area contributed by atoms with Crippen molar-refractivity contribution in [1.29, 1.82) is 0 Å². The van der Waals surface area contributed by atoms with Crippen molar-refractivity contribution in [3.8, 4) is 23.0 Å². The third-order valence-corrected chi connectivity index (χ3v) is 16.8. The van der Waals surface area contributed by atoms with E-state index in [4.69, 9.17) is 23.7 Å². The van der Waals surface area contributed by atoms with Gasteiger partial charge in [-0.2, -0.15) is 0 Å². The summed E-state index contributed by atoms with van der Waals surface area (Å²) in [5, 5.41) is 34.4. The number of aliphatic hydroxyl groups is 2. The largest absolute Gasteiger partial charge is 0.508 e. The minimum atomic E-state index is -1.04. The Labute approximate surface area is 455 Å². The number of fused-ring (bicyclic) bond motifs is 6. The standard InChI is InChI=1S/C61H84N4O12/c1-39(2)14-9-16-41(5)18-11-23-60(7)52(68)34-46-50(67)32-44-48(55(46)76-60)36-64(57(44)70)25-13-20-54(74-38-66)65-37-49-45(58(65)71)33-51(75-59(72)63-26-21-43(22-27-63)62-28-30-73-31-29-62)47-35-53(69)61(8,77-56(47)49)24-12-19-42(6)17-10-15-40(3)4/h14-15,18-19,32-33,38,43,52-54,67-69H,9-13,16-17,20-31,34-37H2,1-8H3/b41-18+,42-19+/t52-,53-,54+,60+,61+/m0/s1. The number of nitrogens with zero attached hydrogens (tertiary/aromatic N) is 4. The number of phenols is 1. The number of rotatable bonds is 21. The van der Waals surface area contributed by atoms with E-state index >= 15 is 0 Å². The lowest BCUT2D eigenvalue weighted by molar-refractivity contribution is -0.141. The summed E-state index contributed by atoms with van der Waals surface area (Å²) in [6, 6.07) is 3.38. The molecule has 77 heavy (non-hydrogen) atoms. The fourth-order valence-electron chi connectivity index (χ4n) is 11.9. The monoisotopic (exact) mass is 1060 g/mol. The first-order valence-electron chi connectivity index (χ1n) is 28.2. The van der Waals surface area contributed by atoms with Gasteiger partial charge in [-0.25, -0.2) is 4.79 Å². The zero-order valence-corrected chi connectivity index (χ0v) is 46.9. The topological polar surface area (TPSA) is 188 Å². The number of amides is 3. The van der Waals surface area contributed by atoms with Gasteiger partial charge in [0, 0.05) is 80.3 Å². The summed E-state index contributed by atoms with van der Waals surface area (Å²) in [7, 11) is 0. The predicted molar refractivity (Wildman–Crippen MR) is 293 cm³/mol. The van der Waals surface area contributed by atoms with Crippen molar-refractivity contribution >= 4 is 24.4 Å². The summed E-state index contributed by atoms with van der Waals surface area (Å²) in [4.78, 5) is 62.1. The van der Waals surface area contributed by atoms with Crippen LogP contribution in [0.15, 0.2) is 58.7 Å². The molecule has 6 aliphatic rings. The van der Waals surface area contributed by atoms with Crippen LogP contribution in [0.25, 0.3) is 0 Å². The zero-order valence-electron chi connectivity index (χ0n) is 46.9. The number of likely N-dealkylation sites (tertiary alicyclic amines) is 1. The highest BCUT2D eigenvalue weighted by Gasteiger charge is 2.47. The number of carbonyl (C=O) groups is 4. The van der Waals surface area contributed by atoms with Crippen molar-refractivity contribution in [3.05, 3.63) is 92.1 Å². The number of aromatic hydroxyl groups is 1. The van der Waals surface area contributed by atoms with E-state index in [1.165, 1.54) is 33.3 Å². The lowest BCUT2D eigenvalue weighted by atomic mass is 9.84. The number of ether oxygens (including phenoxy) is 5. The van der Waals surface area contributed by atoms with Crippen LogP contribution in [-0.2, 0) is 40.2 Å². The summed E-state index contributed by atoms with van der Waals surface area (Å²) in [5.74, 6) is 0.146. The third-order valence-electron chi connectivity index (χ3n) is 16.8. The molecular formula is C61H84N4O12. The number of hydrogen-bond acceptors (Lipinski definition) is 13. The smallest absolute Gasteiger partial charge is 0.415 e. The maximum absolute atomic E-state index is 14.7. The number of morpholine rings is 1. The molecule has 8 rings (SSSR count). The Morgan fingerprint density at radius 2 is 1.30 bits per heavy atom. The predicted octanol–water partition coefficient (Wildman–Crippen LogP) is 9.63. The van der Waals surface area contributed by atoms with Crippen LogP contribution >= 0.6 is 0 Å². The van der Waals surface area contributed by atoms with Crippen LogP contribution in [0, 0.1) is 0 Å². The minimum Gasteiger partial charge on any atom is -0.508 e. The van der Waals surface area contributed by atoms with Gasteiger partial charge in [0.25, 0.3) is 18.3 Å². The average Bonchev–Trinajstić information content (AvgIpc) is 3.98. The van der Waals surface area contributed by atoms with Crippen molar-refractivity contribution < 1.29 is 58.2 Å². The SMILES string of the molecule is CC(C)=CCC/C(C)=C/CC[C@@]1(C)Oc2c(c(O)cc3c2CN(CCC[C@@H](OC=O)N2Cc4c(cc(OC(=O)N5CCC(N6CCOCC6)CC5)c5c4O[C@](C)(CC/C=C(\C)CCC=C(C)C)[C@@H](O)C5)C2=O)C3=O)C[C@@H]1O. The lowest BCUT2D eigenvalue weighted by Gasteiger charge is -2.41. The lowest BCUT2D eigenvalue weighted by Crippen LogP contribution is -2.50. The first-order chi connectivity index (χ1) is 36.8. The molecule has 3 N–H and O–H groups in total. The Hall–Kier alpha value is -5.68. The first-order valence-corrected chi connectivity index (χ1v) is 28.2. The average molecular weight is 1070 g/mol. The second-order valence-electron chi connectivity index (χ2n) is 23.2. The van der Waals surface area contributed by atoms with Crippen molar-refractivity contribution in [2.75, 3.05) is 45.9 Å². The van der Waals surface area contributed by atoms with E-state index < -0.39 is 41.6 Å². The van der Waals surface area contributed by atoms with Crippen LogP contribution in [0.5, 0.6) is 23.0 Å². The van der Waals surface area contributed by atoms with Crippen molar-refractivity contribution in [1.82, 2.24) is 19.6 Å². The van der Waals surface area contributed by atoms with Gasteiger partial charge in [0.1, 0.15) is 34.2 Å². The molecule has 0 unspecified atom stereocenters. The van der Waals surface area contributed by atoms with Crippen LogP contribution < -0.4 is 14.2 Å². The molecule has 420 valence electrons. The Morgan fingerprint density at radius 3 is 1.88 bits per heavy atom. The van der Waals surface area contributed by atoms with Gasteiger partial charge >= 0.3 is 6.09 Å². The second kappa shape index (κ2) is 25.0. The number of hydrogen-bond donors (Lipinski definition) is 3. The van der Waals surface area contributed by atoms with Gasteiger partial charge in [0.05, 0.1) is 49.6 Å². The fraction of sp³-hybridized carbons (Fsp3) is 0.607. The van der Waals surface area contributed by atoms with Crippen LogP contribution in [0.3, 0.4) is 0 Å². The quantitative estimate of drug-likeness (QED) is 0.0793. The van der Waals surface area contributed by atoms with Gasteiger partial charge in [0.15, 0.2) is 6.23 Å². The van der Waals surface area contributed by atoms with Crippen LogP contribution in [-0.4, -0.2) is 141 Å². The van der Waals surface area contributed by atoms with Gasteiger partial charge in [-0.1, -0.05) is 46.6 Å². The van der Waals surface area contributed by atoms with E-state index in [1.807, 2.05) is 13.8 Å². The van der Waals surface area contributed by atoms with Gasteiger partial charge in [-0.3, -0.25) is 24.2 Å². The molecule has 6 aliphatic heterocycles. The molecule has 0 radical (unpaired) electrons. The van der Waals surface area contributed by atoms with Crippen LogP contribution in [0.4, 0.5) is 4.79 Å². The molecule has 0 aromatic heterocycles. The third kappa shape index (κ3) is 13.3. The number of allylic oxidation sites excluding steroid dienone is 8. The minimum absolute atomic E-state index is 0.0283. The Kier molecular flexibility index (Phi) is 18.6. The molecule has 0 bridgehead atoms. The summed E-state index contributed by atoms with van der Waals surface area (Å²) < 4.78 is 30.9. The normalized spacial score (nSPS) is 24.1. The molecule has 16 heteroatoms. The molecule has 2 saturated heterocycles. The molecule has 3 amide bonds. The number of piperidine rings is 1. The Morgan fingerprint density at radius 1 is 0.740 bits per heavy atom. The molecular weight excluding hydrogens is 981 g/mol. The van der Waals surface area contributed by atoms with E-state index in [-0.39, 0.29) is 61.9 Å². The van der Waals surface area contributed by atoms with E-state index in [0.717, 1.165) is 51.6 Å². The van der Waals surface area contributed by atoms with Crippen molar-refractivity contribution in [2.45, 2.75) is 194 Å². The van der Waals surface area contributed by atoms with Gasteiger partial charge < -0.3 is 48.8 Å². The first kappa shape index (κ1) is 57.5. The van der Waals surface area contributed by atoms with Crippen molar-refractivity contribution in [2.24, 2.45) is 0 Å². The summed E-state index contributed by atoms with van der Waals surface area (Å²) in [6.07, 6.45) is 14.0. The summed E-state index contributed by atoms with van der Waals surface area (Å²) >= 11 is 0. The molecule has 6 heterocycles. The maximum atomic E-state index is 14.7. The molecule has 0 spiro atoms. The maximum Gasteiger partial charge on any atom is 0.415 e. The van der Waals surface area contributed by atoms with Gasteiger partial charge in [0.2, 0.25) is 0 Å². The molecule has 0 saturated carbocycles. The Bertz CT molecular complexity index is 2640. The van der Waals surface area contributed by atoms with Crippen LogP contribution in [0.1, 0.15) is 175 Å². The summed E-state index contributed by atoms with van der Waals surface area (Å²) in [6.45, 7) is 21.3. The summed E-state index contributed by atoms with van der Waals surface area (Å²) in [5.41, 5.74) is 5.85. The molecule has 5 atom stereocenters. The van der Waals surface area contributed by atoms with Crippen LogP contribution in [0.2, 0.25) is 0 Å². The van der Waals surface area contributed by atoms with Crippen molar-refractivity contribution in [3.63, 3.8) is 0 Å². The van der Waals surface area contributed by atoms with Gasteiger partial charge in [-0.05, 0) is 138 Å². The van der Waals surface area contributed by atoms with E-state index in [0.29, 0.717) is 110 Å².